The molecule has 1 aromatic carbocycles. The van der Waals surface area contributed by atoms with Crippen molar-refractivity contribution in [3.8, 4) is 0 Å². The number of likely N-dealkylation sites (tertiary alicyclic amines) is 1. The zero-order valence-electron chi connectivity index (χ0n) is 22.0. The number of ether oxygens (including phenoxy) is 1. The summed E-state index contributed by atoms with van der Waals surface area (Å²) in [4.78, 5) is 29.6. The minimum Gasteiger partial charge on any atom is -0.469 e. The Balaban J connectivity index is 1.35. The third-order valence-corrected chi connectivity index (χ3v) is 8.37. The molecule has 36 heavy (non-hydrogen) atoms. The first kappa shape index (κ1) is 26.5. The Morgan fingerprint density at radius 1 is 1.06 bits per heavy atom. The van der Waals surface area contributed by atoms with Gasteiger partial charge in [0.15, 0.2) is 5.76 Å². The van der Waals surface area contributed by atoms with Gasteiger partial charge < -0.3 is 19.0 Å². The molecule has 1 amide bonds. The van der Waals surface area contributed by atoms with Crippen LogP contribution in [0, 0.1) is 12.3 Å². The number of rotatable bonds is 10. The van der Waals surface area contributed by atoms with Crippen molar-refractivity contribution in [2.75, 3.05) is 31.6 Å². The minimum absolute atomic E-state index is 0.0610. The van der Waals surface area contributed by atoms with E-state index in [-0.39, 0.29) is 17.9 Å². The number of hydrogen-bond acceptors (Lipinski definition) is 5. The lowest BCUT2D eigenvalue weighted by Crippen LogP contribution is -2.48. The van der Waals surface area contributed by atoms with Crippen molar-refractivity contribution >= 4 is 17.6 Å². The van der Waals surface area contributed by atoms with Crippen LogP contribution in [-0.4, -0.2) is 49.6 Å². The molecule has 6 heteroatoms. The highest BCUT2D eigenvalue weighted by molar-refractivity contribution is 6.04. The average Bonchev–Trinajstić information content (AvgIpc) is 3.45. The fourth-order valence-electron chi connectivity index (χ4n) is 6.15. The van der Waals surface area contributed by atoms with Gasteiger partial charge in [-0.25, -0.2) is 0 Å². The van der Waals surface area contributed by atoms with Crippen LogP contribution in [0.25, 0.3) is 0 Å². The van der Waals surface area contributed by atoms with Crippen LogP contribution >= 0.6 is 0 Å². The molecule has 1 aliphatic heterocycles. The molecule has 0 N–H and O–H groups in total. The van der Waals surface area contributed by atoms with Gasteiger partial charge in [0.25, 0.3) is 5.91 Å². The molecule has 4 rings (SSSR count). The van der Waals surface area contributed by atoms with Crippen LogP contribution in [-0.2, 0) is 9.53 Å². The molecule has 1 saturated carbocycles. The van der Waals surface area contributed by atoms with E-state index in [1.54, 1.807) is 18.4 Å². The molecule has 0 atom stereocenters. The van der Waals surface area contributed by atoms with Crippen LogP contribution in [0.5, 0.6) is 0 Å². The fraction of sp³-hybridized carbons (Fsp3) is 0.600. The van der Waals surface area contributed by atoms with Crippen molar-refractivity contribution in [3.63, 3.8) is 0 Å². The number of methoxy groups -OCH3 is 1. The third-order valence-electron chi connectivity index (χ3n) is 8.37. The van der Waals surface area contributed by atoms with E-state index < -0.39 is 0 Å². The van der Waals surface area contributed by atoms with Gasteiger partial charge in [0.2, 0.25) is 0 Å². The van der Waals surface area contributed by atoms with Gasteiger partial charge >= 0.3 is 5.97 Å². The van der Waals surface area contributed by atoms with Gasteiger partial charge in [-0.1, -0.05) is 37.0 Å². The highest BCUT2D eigenvalue weighted by Gasteiger charge is 2.34. The number of benzene rings is 1. The van der Waals surface area contributed by atoms with E-state index in [4.69, 9.17) is 9.15 Å². The van der Waals surface area contributed by atoms with E-state index in [0.29, 0.717) is 17.6 Å². The summed E-state index contributed by atoms with van der Waals surface area (Å²) < 4.78 is 10.3. The van der Waals surface area contributed by atoms with E-state index in [9.17, 15) is 9.59 Å². The van der Waals surface area contributed by atoms with Crippen LogP contribution in [0.15, 0.2) is 47.1 Å². The molecule has 0 bridgehead atoms. The average molecular weight is 495 g/mol. The maximum Gasteiger partial charge on any atom is 0.305 e. The van der Waals surface area contributed by atoms with Crippen molar-refractivity contribution < 1.29 is 18.7 Å². The monoisotopic (exact) mass is 494 g/mol. The Kier molecular flexibility index (Phi) is 9.24. The third kappa shape index (κ3) is 6.78. The van der Waals surface area contributed by atoms with Crippen molar-refractivity contribution in [3.05, 3.63) is 54.0 Å². The summed E-state index contributed by atoms with van der Waals surface area (Å²) in [5, 5.41) is 0. The first-order valence-electron chi connectivity index (χ1n) is 13.7. The molecule has 2 heterocycles. The second kappa shape index (κ2) is 12.6. The largest absolute Gasteiger partial charge is 0.469 e. The normalized spacial score (nSPS) is 18.6. The van der Waals surface area contributed by atoms with Gasteiger partial charge in [0, 0.05) is 31.2 Å². The van der Waals surface area contributed by atoms with Crippen LogP contribution < -0.4 is 4.90 Å². The first-order chi connectivity index (χ1) is 17.5. The Labute approximate surface area is 216 Å². The highest BCUT2D eigenvalue weighted by atomic mass is 16.5. The van der Waals surface area contributed by atoms with Crippen molar-refractivity contribution in [1.29, 1.82) is 0 Å². The number of nitrogens with zero attached hydrogens (tertiary/aromatic N) is 2. The zero-order valence-corrected chi connectivity index (χ0v) is 22.0. The predicted octanol–water partition coefficient (Wildman–Crippen LogP) is 6.38. The predicted molar refractivity (Wildman–Crippen MR) is 142 cm³/mol. The van der Waals surface area contributed by atoms with E-state index in [2.05, 4.69) is 24.0 Å². The summed E-state index contributed by atoms with van der Waals surface area (Å²) in [6.45, 7) is 5.16. The van der Waals surface area contributed by atoms with Crippen molar-refractivity contribution in [2.24, 2.45) is 5.41 Å². The first-order valence-corrected chi connectivity index (χ1v) is 13.7. The van der Waals surface area contributed by atoms with Crippen molar-refractivity contribution in [2.45, 2.75) is 83.6 Å². The molecule has 2 aliphatic rings. The Morgan fingerprint density at radius 3 is 2.42 bits per heavy atom. The second-order valence-electron chi connectivity index (χ2n) is 10.8. The lowest BCUT2D eigenvalue weighted by molar-refractivity contribution is -0.140. The van der Waals surface area contributed by atoms with Crippen LogP contribution in [0.3, 0.4) is 0 Å². The van der Waals surface area contributed by atoms with E-state index in [1.165, 1.54) is 51.2 Å². The van der Waals surface area contributed by atoms with E-state index in [1.807, 2.05) is 17.0 Å². The summed E-state index contributed by atoms with van der Waals surface area (Å²) in [5.41, 5.74) is 2.49. The molecular weight excluding hydrogens is 452 g/mol. The molecule has 196 valence electrons. The lowest BCUT2D eigenvalue weighted by atomic mass is 9.68. The second-order valence-corrected chi connectivity index (χ2v) is 10.8. The standard InChI is InChI=1S/C30H42N2O4/c1-24-10-12-25(13-11-24)32(29(34)27-8-7-23-36-27)26-14-20-31(21-15-26)22-19-30(16-4-3-5-17-30)18-6-9-28(33)35-2/h7-8,10-13,23,26H,3-6,9,14-22H2,1-2H3. The van der Waals surface area contributed by atoms with Gasteiger partial charge in [-0.3, -0.25) is 9.59 Å². The number of furan rings is 1. The van der Waals surface area contributed by atoms with Gasteiger partial charge in [-0.05, 0) is 88.1 Å². The number of piperidine rings is 1. The van der Waals surface area contributed by atoms with E-state index >= 15 is 0 Å². The maximum absolute atomic E-state index is 13.4. The number of carbonyl (C=O) groups is 2. The van der Waals surface area contributed by atoms with Gasteiger partial charge in [0.1, 0.15) is 0 Å². The summed E-state index contributed by atoms with van der Waals surface area (Å²) in [5.74, 6) is 0.239. The molecule has 2 aromatic rings. The molecule has 1 aromatic heterocycles. The van der Waals surface area contributed by atoms with Crippen LogP contribution in [0.1, 0.15) is 86.7 Å². The molecule has 1 aliphatic carbocycles. The van der Waals surface area contributed by atoms with Crippen LogP contribution in [0.2, 0.25) is 0 Å². The maximum atomic E-state index is 13.4. The molecular formula is C30H42N2O4. The Hall–Kier alpha value is -2.60. The number of aryl methyl sites for hydroxylation is 1. The summed E-state index contributed by atoms with van der Waals surface area (Å²) in [6, 6.07) is 11.9. The van der Waals surface area contributed by atoms with Gasteiger partial charge in [0.05, 0.1) is 13.4 Å². The number of hydrogen-bond donors (Lipinski definition) is 0. The quantitative estimate of drug-likeness (QED) is 0.359. The molecule has 1 saturated heterocycles. The number of anilines is 1. The van der Waals surface area contributed by atoms with Crippen molar-refractivity contribution in [1.82, 2.24) is 4.90 Å². The fourth-order valence-corrected chi connectivity index (χ4v) is 6.15. The molecule has 0 spiro atoms. The summed E-state index contributed by atoms with van der Waals surface area (Å²) in [6.07, 6.45) is 13.8. The topological polar surface area (TPSA) is 63.0 Å². The smallest absolute Gasteiger partial charge is 0.305 e. The highest BCUT2D eigenvalue weighted by Crippen LogP contribution is 2.43. The van der Waals surface area contributed by atoms with Gasteiger partial charge in [-0.2, -0.15) is 0 Å². The van der Waals surface area contributed by atoms with Crippen LogP contribution in [0.4, 0.5) is 5.69 Å². The molecule has 2 fully saturated rings. The number of esters is 1. The zero-order chi connectivity index (χ0) is 25.4. The number of amides is 1. The summed E-state index contributed by atoms with van der Waals surface area (Å²) in [7, 11) is 1.48. The summed E-state index contributed by atoms with van der Waals surface area (Å²) >= 11 is 0. The van der Waals surface area contributed by atoms with E-state index in [0.717, 1.165) is 51.0 Å². The SMILES string of the molecule is COC(=O)CCCC1(CCN2CCC(N(C(=O)c3ccco3)c3ccc(C)cc3)CC2)CCCCC1. The molecule has 0 unspecified atom stereocenters. The molecule has 6 nitrogen and oxygen atoms in total. The Bertz CT molecular complexity index is 955. The minimum atomic E-state index is -0.0924. The lowest BCUT2D eigenvalue weighted by Gasteiger charge is -2.42. The number of carbonyl (C=O) groups excluding carboxylic acids is 2. The Morgan fingerprint density at radius 2 is 1.78 bits per heavy atom. The molecule has 0 radical (unpaired) electrons. The van der Waals surface area contributed by atoms with Gasteiger partial charge in [-0.15, -0.1) is 0 Å².